The second-order valence-electron chi connectivity index (χ2n) is 6.61. The quantitative estimate of drug-likeness (QED) is 0.809. The molecule has 9 nitrogen and oxygen atoms in total. The molecule has 3 amide bonds. The van der Waals surface area contributed by atoms with Crippen molar-refractivity contribution in [1.29, 1.82) is 0 Å². The molecular formula is C19H25N3O6. The van der Waals surface area contributed by atoms with E-state index in [2.05, 4.69) is 5.32 Å². The fourth-order valence-electron chi connectivity index (χ4n) is 3.11. The Hall–Kier alpha value is -2.97. The van der Waals surface area contributed by atoms with E-state index in [0.29, 0.717) is 44.3 Å². The molecule has 3 rings (SSSR count). The molecule has 9 heteroatoms. The second-order valence-corrected chi connectivity index (χ2v) is 6.61. The van der Waals surface area contributed by atoms with E-state index in [1.165, 1.54) is 0 Å². The zero-order valence-corrected chi connectivity index (χ0v) is 16.1. The number of ether oxygens (including phenoxy) is 3. The molecule has 1 unspecified atom stereocenters. The summed E-state index contributed by atoms with van der Waals surface area (Å²) in [5, 5.41) is 2.69. The first-order chi connectivity index (χ1) is 13.5. The lowest BCUT2D eigenvalue weighted by molar-refractivity contribution is -0.139. The third-order valence-electron chi connectivity index (χ3n) is 4.65. The summed E-state index contributed by atoms with van der Waals surface area (Å²) in [6, 6.07) is 6.41. The summed E-state index contributed by atoms with van der Waals surface area (Å²) in [6.07, 6.45) is -1.18. The highest BCUT2D eigenvalue weighted by molar-refractivity contribution is 5.89. The SMILES string of the molecule is CCOC(=O)N1CCN(C(=O)[C@@H](C)NC(=O)C2COc3ccccc3O2)CC1. The van der Waals surface area contributed by atoms with Gasteiger partial charge in [-0.15, -0.1) is 0 Å². The van der Waals surface area contributed by atoms with E-state index in [1.54, 1.807) is 41.8 Å². The third-order valence-corrected chi connectivity index (χ3v) is 4.65. The Morgan fingerprint density at radius 3 is 2.46 bits per heavy atom. The maximum Gasteiger partial charge on any atom is 0.409 e. The van der Waals surface area contributed by atoms with E-state index >= 15 is 0 Å². The van der Waals surface area contributed by atoms with Gasteiger partial charge in [0, 0.05) is 26.2 Å². The second kappa shape index (κ2) is 8.81. The fourth-order valence-corrected chi connectivity index (χ4v) is 3.11. The molecule has 1 saturated heterocycles. The van der Waals surface area contributed by atoms with Gasteiger partial charge in [0.1, 0.15) is 12.6 Å². The summed E-state index contributed by atoms with van der Waals surface area (Å²) in [5.74, 6) is 0.493. The topological polar surface area (TPSA) is 97.4 Å². The lowest BCUT2D eigenvalue weighted by atomic mass is 10.2. The van der Waals surface area contributed by atoms with E-state index in [0.717, 1.165) is 0 Å². The van der Waals surface area contributed by atoms with Crippen LogP contribution in [0, 0.1) is 0 Å². The van der Waals surface area contributed by atoms with E-state index in [1.807, 2.05) is 6.07 Å². The van der Waals surface area contributed by atoms with Crippen molar-refractivity contribution in [1.82, 2.24) is 15.1 Å². The maximum atomic E-state index is 12.6. The zero-order chi connectivity index (χ0) is 20.1. The van der Waals surface area contributed by atoms with Crippen LogP contribution in [0.1, 0.15) is 13.8 Å². The van der Waals surface area contributed by atoms with Crippen LogP contribution in [0.25, 0.3) is 0 Å². The van der Waals surface area contributed by atoms with Crippen LogP contribution >= 0.6 is 0 Å². The van der Waals surface area contributed by atoms with Crippen LogP contribution in [0.5, 0.6) is 11.5 Å². The van der Waals surface area contributed by atoms with E-state index in [4.69, 9.17) is 14.2 Å². The normalized spacial score (nSPS) is 19.6. The summed E-state index contributed by atoms with van der Waals surface area (Å²) in [4.78, 5) is 40.0. The van der Waals surface area contributed by atoms with Crippen LogP contribution in [0.3, 0.4) is 0 Å². The van der Waals surface area contributed by atoms with Crippen LogP contribution < -0.4 is 14.8 Å². The highest BCUT2D eigenvalue weighted by Gasteiger charge is 2.32. The Balaban J connectivity index is 1.48. The summed E-state index contributed by atoms with van der Waals surface area (Å²) in [6.45, 7) is 5.39. The molecule has 2 heterocycles. The van der Waals surface area contributed by atoms with Gasteiger partial charge in [-0.05, 0) is 26.0 Å². The van der Waals surface area contributed by atoms with Gasteiger partial charge in [-0.3, -0.25) is 9.59 Å². The van der Waals surface area contributed by atoms with Crippen LogP contribution in [-0.4, -0.2) is 79.2 Å². The molecule has 0 spiro atoms. The number of fused-ring (bicyclic) bond motifs is 1. The molecule has 2 atom stereocenters. The zero-order valence-electron chi connectivity index (χ0n) is 16.1. The van der Waals surface area contributed by atoms with Crippen LogP contribution in [0.2, 0.25) is 0 Å². The molecule has 0 radical (unpaired) electrons. The molecule has 28 heavy (non-hydrogen) atoms. The number of hydrogen-bond acceptors (Lipinski definition) is 6. The Labute approximate surface area is 163 Å². The van der Waals surface area contributed by atoms with Crippen molar-refractivity contribution < 1.29 is 28.6 Å². The standard InChI is InChI=1S/C19H25N3O6/c1-3-26-19(25)22-10-8-21(9-11-22)18(24)13(2)20-17(23)16-12-27-14-6-4-5-7-15(14)28-16/h4-7,13,16H,3,8-12H2,1-2H3,(H,20,23)/t13-,16?/m1/s1. The first-order valence-corrected chi connectivity index (χ1v) is 9.39. The Bertz CT molecular complexity index is 732. The molecule has 152 valence electrons. The van der Waals surface area contributed by atoms with Crippen molar-refractivity contribution in [3.63, 3.8) is 0 Å². The first-order valence-electron chi connectivity index (χ1n) is 9.39. The number of hydrogen-bond donors (Lipinski definition) is 1. The molecule has 0 saturated carbocycles. The molecule has 1 aromatic carbocycles. The Morgan fingerprint density at radius 2 is 1.79 bits per heavy atom. The van der Waals surface area contributed by atoms with Crippen molar-refractivity contribution >= 4 is 17.9 Å². The number of para-hydroxylation sites is 2. The van der Waals surface area contributed by atoms with E-state index < -0.39 is 18.1 Å². The van der Waals surface area contributed by atoms with Gasteiger partial charge in [-0.1, -0.05) is 12.1 Å². The summed E-state index contributed by atoms with van der Waals surface area (Å²) in [5.41, 5.74) is 0. The average molecular weight is 391 g/mol. The number of carbonyl (C=O) groups excluding carboxylic acids is 3. The van der Waals surface area contributed by atoms with E-state index in [9.17, 15) is 14.4 Å². The Kier molecular flexibility index (Phi) is 6.23. The van der Waals surface area contributed by atoms with Crippen LogP contribution in [0.15, 0.2) is 24.3 Å². The van der Waals surface area contributed by atoms with Crippen LogP contribution in [-0.2, 0) is 14.3 Å². The Morgan fingerprint density at radius 1 is 1.14 bits per heavy atom. The van der Waals surface area contributed by atoms with Gasteiger partial charge in [-0.2, -0.15) is 0 Å². The molecule has 1 N–H and O–H groups in total. The lowest BCUT2D eigenvalue weighted by Crippen LogP contribution is -2.56. The van der Waals surface area contributed by atoms with Crippen LogP contribution in [0.4, 0.5) is 4.79 Å². The number of carbonyl (C=O) groups is 3. The maximum absolute atomic E-state index is 12.6. The van der Waals surface area contributed by atoms with Gasteiger partial charge >= 0.3 is 6.09 Å². The van der Waals surface area contributed by atoms with Gasteiger partial charge in [-0.25, -0.2) is 4.79 Å². The van der Waals surface area contributed by atoms with Gasteiger partial charge in [0.05, 0.1) is 6.61 Å². The monoisotopic (exact) mass is 391 g/mol. The van der Waals surface area contributed by atoms with E-state index in [-0.39, 0.29) is 18.6 Å². The highest BCUT2D eigenvalue weighted by atomic mass is 16.6. The molecular weight excluding hydrogens is 366 g/mol. The number of benzene rings is 1. The highest BCUT2D eigenvalue weighted by Crippen LogP contribution is 2.30. The third kappa shape index (κ3) is 4.47. The van der Waals surface area contributed by atoms with Gasteiger partial charge in [0.25, 0.3) is 5.91 Å². The largest absolute Gasteiger partial charge is 0.485 e. The molecule has 1 fully saturated rings. The first kappa shape index (κ1) is 19.8. The summed E-state index contributed by atoms with van der Waals surface area (Å²) >= 11 is 0. The molecule has 1 aromatic rings. The number of nitrogens with zero attached hydrogens (tertiary/aromatic N) is 2. The summed E-state index contributed by atoms with van der Waals surface area (Å²) < 4.78 is 16.2. The van der Waals surface area contributed by atoms with Gasteiger partial charge in [0.15, 0.2) is 11.5 Å². The smallest absolute Gasteiger partial charge is 0.409 e. The predicted molar refractivity (Wildman–Crippen MR) is 99.1 cm³/mol. The molecule has 0 bridgehead atoms. The molecule has 0 aromatic heterocycles. The number of nitrogens with one attached hydrogen (secondary N) is 1. The van der Waals surface area contributed by atoms with Gasteiger partial charge < -0.3 is 29.3 Å². The minimum absolute atomic E-state index is 0.0853. The lowest BCUT2D eigenvalue weighted by Gasteiger charge is -2.35. The minimum Gasteiger partial charge on any atom is -0.485 e. The summed E-state index contributed by atoms with van der Waals surface area (Å²) in [7, 11) is 0. The number of piperazine rings is 1. The van der Waals surface area contributed by atoms with Crippen molar-refractivity contribution in [2.45, 2.75) is 26.0 Å². The molecule has 2 aliphatic heterocycles. The van der Waals surface area contributed by atoms with Crippen molar-refractivity contribution in [2.75, 3.05) is 39.4 Å². The number of amides is 3. The van der Waals surface area contributed by atoms with Crippen molar-refractivity contribution in [3.05, 3.63) is 24.3 Å². The minimum atomic E-state index is -0.814. The van der Waals surface area contributed by atoms with Crippen molar-refractivity contribution in [2.24, 2.45) is 0 Å². The van der Waals surface area contributed by atoms with Crippen molar-refractivity contribution in [3.8, 4) is 11.5 Å². The van der Waals surface area contributed by atoms with Gasteiger partial charge in [0.2, 0.25) is 12.0 Å². The molecule has 0 aliphatic carbocycles. The number of rotatable bonds is 4. The average Bonchev–Trinajstić information content (AvgIpc) is 2.73. The molecule has 2 aliphatic rings. The fraction of sp³-hybridized carbons (Fsp3) is 0.526. The predicted octanol–water partition coefficient (Wildman–Crippen LogP) is 0.632.